The number of aliphatic hydroxyl groups excluding tert-OH is 1. The molecule has 0 radical (unpaired) electrons. The number of hydrogen-bond donors (Lipinski definition) is 1. The lowest BCUT2D eigenvalue weighted by molar-refractivity contribution is -0.130. The van der Waals surface area contributed by atoms with E-state index < -0.39 is 0 Å². The summed E-state index contributed by atoms with van der Waals surface area (Å²) in [6.07, 6.45) is 11.5. The SMILES string of the molecule is CN(C)c1ccc(/C=C2/C[C@@H]3[C@H]4CC=C5C[C@H](O)CC[C@]5(C)[C@@H]4CC[C@]3(C)C2=O)cc1. The Morgan fingerprint density at radius 3 is 2.42 bits per heavy atom. The van der Waals surface area contributed by atoms with Crippen LogP contribution >= 0.6 is 0 Å². The lowest BCUT2D eigenvalue weighted by Crippen LogP contribution is -2.50. The highest BCUT2D eigenvalue weighted by Crippen LogP contribution is 2.64. The van der Waals surface area contributed by atoms with Crippen LogP contribution in [-0.2, 0) is 4.79 Å². The van der Waals surface area contributed by atoms with Gasteiger partial charge in [-0.15, -0.1) is 0 Å². The van der Waals surface area contributed by atoms with Gasteiger partial charge in [0.1, 0.15) is 0 Å². The summed E-state index contributed by atoms with van der Waals surface area (Å²) in [7, 11) is 4.10. The molecule has 0 bridgehead atoms. The molecule has 3 saturated carbocycles. The summed E-state index contributed by atoms with van der Waals surface area (Å²) in [6, 6.07) is 8.52. The Labute approximate surface area is 187 Å². The van der Waals surface area contributed by atoms with Gasteiger partial charge in [0.25, 0.3) is 0 Å². The lowest BCUT2D eigenvalue weighted by atomic mass is 9.48. The zero-order valence-electron chi connectivity index (χ0n) is 19.5. The molecule has 4 aliphatic carbocycles. The fourth-order valence-corrected chi connectivity index (χ4v) is 7.51. The molecule has 0 spiro atoms. The normalized spacial score (nSPS) is 40.7. The van der Waals surface area contributed by atoms with Gasteiger partial charge in [0.05, 0.1) is 6.10 Å². The number of aliphatic hydroxyl groups is 1. The highest BCUT2D eigenvalue weighted by Gasteiger charge is 2.59. The molecule has 0 aromatic heterocycles. The second-order valence-corrected chi connectivity index (χ2v) is 11.3. The Kier molecular flexibility index (Phi) is 4.97. The van der Waals surface area contributed by atoms with Crippen LogP contribution in [0.3, 0.4) is 0 Å². The third-order valence-corrected chi connectivity index (χ3v) is 9.47. The maximum Gasteiger partial charge on any atom is 0.165 e. The first kappa shape index (κ1) is 21.0. The van der Waals surface area contributed by atoms with E-state index in [0.29, 0.717) is 23.5 Å². The van der Waals surface area contributed by atoms with Crippen LogP contribution in [0.5, 0.6) is 0 Å². The van der Waals surface area contributed by atoms with Gasteiger partial charge < -0.3 is 10.0 Å². The van der Waals surface area contributed by atoms with Crippen molar-refractivity contribution in [2.24, 2.45) is 28.6 Å². The van der Waals surface area contributed by atoms with Gasteiger partial charge in [0.2, 0.25) is 0 Å². The Hall–Kier alpha value is -1.87. The first-order valence-corrected chi connectivity index (χ1v) is 12.1. The fraction of sp³-hybridized carbons (Fsp3) is 0.607. The van der Waals surface area contributed by atoms with Crippen molar-refractivity contribution in [2.45, 2.75) is 64.9 Å². The van der Waals surface area contributed by atoms with E-state index in [1.165, 1.54) is 11.3 Å². The standard InChI is InChI=1S/C28H37NO2/c1-27-13-11-22(30)17-20(27)7-10-23-24(27)12-14-28(2)25(23)16-19(26(28)31)15-18-5-8-21(9-6-18)29(3)4/h5-9,15,22-25,30H,10-14,16-17H2,1-4H3/b19-15-/t22-,23+,24-,25-,27+,28+/m1/s1. The monoisotopic (exact) mass is 419 g/mol. The summed E-state index contributed by atoms with van der Waals surface area (Å²) in [5.41, 5.74) is 4.86. The molecule has 1 aromatic carbocycles. The van der Waals surface area contributed by atoms with Crippen molar-refractivity contribution in [3.05, 3.63) is 47.1 Å². The van der Waals surface area contributed by atoms with Gasteiger partial charge in [0, 0.05) is 25.2 Å². The van der Waals surface area contributed by atoms with Crippen molar-refractivity contribution in [1.82, 2.24) is 0 Å². The van der Waals surface area contributed by atoms with E-state index in [4.69, 9.17) is 0 Å². The predicted molar refractivity (Wildman–Crippen MR) is 127 cm³/mol. The second-order valence-electron chi connectivity index (χ2n) is 11.3. The number of carbonyl (C=O) groups is 1. The van der Waals surface area contributed by atoms with E-state index >= 15 is 0 Å². The fourth-order valence-electron chi connectivity index (χ4n) is 7.51. The van der Waals surface area contributed by atoms with Gasteiger partial charge in [-0.2, -0.15) is 0 Å². The average molecular weight is 420 g/mol. The largest absolute Gasteiger partial charge is 0.393 e. The number of allylic oxidation sites excluding steroid dienone is 2. The highest BCUT2D eigenvalue weighted by atomic mass is 16.3. The first-order chi connectivity index (χ1) is 14.7. The summed E-state index contributed by atoms with van der Waals surface area (Å²) in [5.74, 6) is 2.09. The topological polar surface area (TPSA) is 40.5 Å². The number of benzene rings is 1. The Morgan fingerprint density at radius 1 is 1.00 bits per heavy atom. The van der Waals surface area contributed by atoms with Crippen LogP contribution in [0.2, 0.25) is 0 Å². The van der Waals surface area contributed by atoms with Gasteiger partial charge in [-0.1, -0.05) is 37.6 Å². The number of anilines is 1. The molecule has 1 N–H and O–H groups in total. The number of fused-ring (bicyclic) bond motifs is 5. The number of Topliss-reactive ketones (excluding diaryl/α,β-unsaturated/α-hetero) is 1. The first-order valence-electron chi connectivity index (χ1n) is 12.1. The Bertz CT molecular complexity index is 942. The van der Waals surface area contributed by atoms with Crippen LogP contribution in [0.25, 0.3) is 6.08 Å². The van der Waals surface area contributed by atoms with Crippen molar-refractivity contribution in [3.8, 4) is 0 Å². The van der Waals surface area contributed by atoms with E-state index in [9.17, 15) is 9.90 Å². The van der Waals surface area contributed by atoms with E-state index in [2.05, 4.69) is 55.2 Å². The van der Waals surface area contributed by atoms with E-state index in [1.807, 2.05) is 14.1 Å². The third kappa shape index (κ3) is 3.23. The molecule has 3 fully saturated rings. The molecule has 31 heavy (non-hydrogen) atoms. The average Bonchev–Trinajstić information content (AvgIpc) is 2.99. The van der Waals surface area contributed by atoms with Gasteiger partial charge in [-0.25, -0.2) is 0 Å². The summed E-state index contributed by atoms with van der Waals surface area (Å²) < 4.78 is 0. The zero-order chi connectivity index (χ0) is 22.0. The highest BCUT2D eigenvalue weighted by molar-refractivity contribution is 6.06. The zero-order valence-corrected chi connectivity index (χ0v) is 19.5. The molecule has 166 valence electrons. The van der Waals surface area contributed by atoms with Crippen LogP contribution in [-0.4, -0.2) is 31.1 Å². The smallest absolute Gasteiger partial charge is 0.165 e. The third-order valence-electron chi connectivity index (χ3n) is 9.47. The molecular weight excluding hydrogens is 382 g/mol. The number of rotatable bonds is 2. The maximum atomic E-state index is 13.6. The number of ketones is 1. The molecule has 0 unspecified atom stereocenters. The molecule has 3 nitrogen and oxygen atoms in total. The molecule has 4 aliphatic rings. The molecule has 3 heteroatoms. The Morgan fingerprint density at radius 2 is 1.71 bits per heavy atom. The van der Waals surface area contributed by atoms with E-state index in [1.54, 1.807) is 0 Å². The van der Waals surface area contributed by atoms with Crippen molar-refractivity contribution >= 4 is 17.5 Å². The number of carbonyl (C=O) groups excluding carboxylic acids is 1. The molecule has 0 aliphatic heterocycles. The minimum Gasteiger partial charge on any atom is -0.393 e. The van der Waals surface area contributed by atoms with Crippen molar-refractivity contribution < 1.29 is 9.90 Å². The van der Waals surface area contributed by atoms with E-state index in [-0.39, 0.29) is 16.9 Å². The van der Waals surface area contributed by atoms with Crippen LogP contribution in [0, 0.1) is 28.6 Å². The van der Waals surface area contributed by atoms with Gasteiger partial charge in [-0.05, 0) is 97.5 Å². The van der Waals surface area contributed by atoms with Gasteiger partial charge in [0.15, 0.2) is 5.78 Å². The summed E-state index contributed by atoms with van der Waals surface area (Å²) in [5, 5.41) is 10.2. The summed E-state index contributed by atoms with van der Waals surface area (Å²) in [6.45, 7) is 4.70. The van der Waals surface area contributed by atoms with Crippen molar-refractivity contribution in [1.29, 1.82) is 0 Å². The van der Waals surface area contributed by atoms with Crippen molar-refractivity contribution in [2.75, 3.05) is 19.0 Å². The van der Waals surface area contributed by atoms with Crippen LogP contribution in [0.15, 0.2) is 41.5 Å². The quantitative estimate of drug-likeness (QED) is 0.498. The van der Waals surface area contributed by atoms with Gasteiger partial charge >= 0.3 is 0 Å². The molecule has 1 aromatic rings. The molecule has 0 saturated heterocycles. The maximum absolute atomic E-state index is 13.6. The lowest BCUT2D eigenvalue weighted by Gasteiger charge is -2.56. The minimum absolute atomic E-state index is 0.161. The van der Waals surface area contributed by atoms with Gasteiger partial charge in [-0.3, -0.25) is 4.79 Å². The Balaban J connectivity index is 1.44. The molecule has 0 heterocycles. The summed E-state index contributed by atoms with van der Waals surface area (Å²) >= 11 is 0. The second kappa shape index (κ2) is 7.33. The van der Waals surface area contributed by atoms with Crippen LogP contribution < -0.4 is 4.90 Å². The number of hydrogen-bond acceptors (Lipinski definition) is 3. The molecule has 5 rings (SSSR count). The summed E-state index contributed by atoms with van der Waals surface area (Å²) in [4.78, 5) is 15.7. The van der Waals surface area contributed by atoms with Crippen molar-refractivity contribution in [3.63, 3.8) is 0 Å². The van der Waals surface area contributed by atoms with Crippen LogP contribution in [0.1, 0.15) is 64.4 Å². The molecule has 6 atom stereocenters. The molecular formula is C28H37NO2. The molecule has 0 amide bonds. The predicted octanol–water partition coefficient (Wildman–Crippen LogP) is 5.64. The van der Waals surface area contributed by atoms with Crippen LogP contribution in [0.4, 0.5) is 5.69 Å². The number of nitrogens with zero attached hydrogens (tertiary/aromatic N) is 1. The minimum atomic E-state index is -0.202. The van der Waals surface area contributed by atoms with E-state index in [0.717, 1.165) is 56.1 Å².